The van der Waals surface area contributed by atoms with E-state index in [2.05, 4.69) is 0 Å². The molecule has 2 N–H and O–H groups in total. The van der Waals surface area contributed by atoms with E-state index in [1.54, 1.807) is 11.9 Å². The molecule has 1 aliphatic carbocycles. The van der Waals surface area contributed by atoms with Gasteiger partial charge in [0.25, 0.3) is 0 Å². The molecule has 152 valence electrons. The molecule has 0 atom stereocenters. The summed E-state index contributed by atoms with van der Waals surface area (Å²) in [7, 11) is 1.80. The first-order chi connectivity index (χ1) is 13.5. The van der Waals surface area contributed by atoms with Gasteiger partial charge in [-0.25, -0.2) is 0 Å². The fourth-order valence-corrected chi connectivity index (χ4v) is 3.55. The molecular formula is C22H24Cl2N4O. The van der Waals surface area contributed by atoms with E-state index < -0.39 is 5.54 Å². The maximum Gasteiger partial charge on any atom is 0.242 e. The minimum atomic E-state index is -0.671. The molecule has 7 heteroatoms. The molecule has 3 aromatic rings. The molecule has 1 amide bonds. The van der Waals surface area contributed by atoms with Crippen LogP contribution in [0.3, 0.4) is 0 Å². The van der Waals surface area contributed by atoms with Gasteiger partial charge in [-0.05, 0) is 24.5 Å². The summed E-state index contributed by atoms with van der Waals surface area (Å²) in [6, 6.07) is 17.8. The van der Waals surface area contributed by atoms with Crippen molar-refractivity contribution in [3.8, 4) is 11.3 Å². The number of halogens is 2. The van der Waals surface area contributed by atoms with E-state index in [-0.39, 0.29) is 18.3 Å². The van der Waals surface area contributed by atoms with Crippen molar-refractivity contribution < 1.29 is 4.79 Å². The van der Waals surface area contributed by atoms with Crippen molar-refractivity contribution in [2.75, 3.05) is 7.05 Å². The summed E-state index contributed by atoms with van der Waals surface area (Å²) in [5.41, 5.74) is 9.29. The Kier molecular flexibility index (Phi) is 6.32. The lowest BCUT2D eigenvalue weighted by Gasteiger charge is -2.20. The Hall–Kier alpha value is -2.34. The van der Waals surface area contributed by atoms with Crippen LogP contribution in [-0.2, 0) is 17.9 Å². The zero-order valence-corrected chi connectivity index (χ0v) is 17.8. The third kappa shape index (κ3) is 4.64. The number of amides is 1. The third-order valence-corrected chi connectivity index (χ3v) is 5.51. The van der Waals surface area contributed by atoms with Crippen LogP contribution in [-0.4, -0.2) is 33.2 Å². The zero-order valence-electron chi connectivity index (χ0n) is 16.2. The smallest absolute Gasteiger partial charge is 0.242 e. The Balaban J connectivity index is 0.00000240. The van der Waals surface area contributed by atoms with Crippen LogP contribution in [0.2, 0.25) is 5.02 Å². The van der Waals surface area contributed by atoms with Gasteiger partial charge in [-0.1, -0.05) is 60.1 Å². The van der Waals surface area contributed by atoms with E-state index >= 15 is 0 Å². The van der Waals surface area contributed by atoms with Crippen molar-refractivity contribution in [3.05, 3.63) is 76.9 Å². The lowest BCUT2D eigenvalue weighted by Crippen LogP contribution is -2.43. The van der Waals surface area contributed by atoms with Gasteiger partial charge in [0, 0.05) is 35.9 Å². The topological polar surface area (TPSA) is 64.2 Å². The van der Waals surface area contributed by atoms with Crippen LogP contribution in [0.4, 0.5) is 0 Å². The summed E-state index contributed by atoms with van der Waals surface area (Å²) in [5.74, 6) is -0.00892. The monoisotopic (exact) mass is 430 g/mol. The van der Waals surface area contributed by atoms with Crippen LogP contribution < -0.4 is 5.73 Å². The summed E-state index contributed by atoms with van der Waals surface area (Å²) >= 11 is 6.31. The minimum Gasteiger partial charge on any atom is -0.340 e. The van der Waals surface area contributed by atoms with Gasteiger partial charge < -0.3 is 10.6 Å². The highest BCUT2D eigenvalue weighted by Crippen LogP contribution is 2.34. The predicted octanol–water partition coefficient (Wildman–Crippen LogP) is 4.12. The van der Waals surface area contributed by atoms with Gasteiger partial charge in [-0.3, -0.25) is 9.48 Å². The molecule has 0 aliphatic heterocycles. The molecular weight excluding hydrogens is 407 g/mol. The molecule has 0 bridgehead atoms. The number of hydrogen-bond donors (Lipinski definition) is 1. The van der Waals surface area contributed by atoms with Gasteiger partial charge in [0.1, 0.15) is 0 Å². The van der Waals surface area contributed by atoms with Crippen molar-refractivity contribution in [3.63, 3.8) is 0 Å². The van der Waals surface area contributed by atoms with Gasteiger partial charge in [0.2, 0.25) is 5.91 Å². The molecule has 2 aromatic carbocycles. The maximum atomic E-state index is 12.6. The standard InChI is InChI=1S/C22H23ClN4O.ClH/c1-26(21(28)22(24)11-12-22)13-18-15-27(14-17-9-5-6-10-19(17)23)25-20(18)16-7-3-2-4-8-16;/h2-10,15H,11-14,24H2,1H3;1H. The van der Waals surface area contributed by atoms with Gasteiger partial charge >= 0.3 is 0 Å². The van der Waals surface area contributed by atoms with Crippen molar-refractivity contribution in [1.82, 2.24) is 14.7 Å². The second kappa shape index (κ2) is 8.57. The molecule has 1 aliphatic rings. The number of carbonyl (C=O) groups is 1. The van der Waals surface area contributed by atoms with Gasteiger partial charge in [-0.15, -0.1) is 12.4 Å². The Labute approximate surface area is 181 Å². The zero-order chi connectivity index (χ0) is 19.7. The molecule has 0 unspecified atom stereocenters. The van der Waals surface area contributed by atoms with Crippen LogP contribution in [0.25, 0.3) is 11.3 Å². The largest absolute Gasteiger partial charge is 0.340 e. The molecule has 1 aromatic heterocycles. The van der Waals surface area contributed by atoms with Gasteiger partial charge in [0.15, 0.2) is 0 Å². The van der Waals surface area contributed by atoms with Crippen LogP contribution in [0, 0.1) is 0 Å². The Morgan fingerprint density at radius 2 is 1.79 bits per heavy atom. The number of nitrogens with two attached hydrogens (primary N) is 1. The number of benzene rings is 2. The molecule has 4 rings (SSSR count). The number of nitrogens with zero attached hydrogens (tertiary/aromatic N) is 3. The number of rotatable bonds is 6. The van der Waals surface area contributed by atoms with Crippen LogP contribution >= 0.6 is 24.0 Å². The van der Waals surface area contributed by atoms with E-state index in [1.165, 1.54) is 0 Å². The highest BCUT2D eigenvalue weighted by atomic mass is 35.5. The fraction of sp³-hybridized carbons (Fsp3) is 0.273. The first kappa shape index (κ1) is 21.4. The quantitative estimate of drug-likeness (QED) is 0.639. The summed E-state index contributed by atoms with van der Waals surface area (Å²) in [6.07, 6.45) is 3.51. The van der Waals surface area contributed by atoms with Crippen molar-refractivity contribution >= 4 is 29.9 Å². The highest BCUT2D eigenvalue weighted by Gasteiger charge is 2.47. The van der Waals surface area contributed by atoms with Crippen LogP contribution in [0.5, 0.6) is 0 Å². The highest BCUT2D eigenvalue weighted by molar-refractivity contribution is 6.31. The Morgan fingerprint density at radius 3 is 2.45 bits per heavy atom. The van der Waals surface area contributed by atoms with E-state index in [0.29, 0.717) is 18.1 Å². The van der Waals surface area contributed by atoms with E-state index in [1.807, 2.05) is 65.5 Å². The lowest BCUT2D eigenvalue weighted by atomic mass is 10.1. The van der Waals surface area contributed by atoms with E-state index in [9.17, 15) is 4.79 Å². The minimum absolute atomic E-state index is 0. The lowest BCUT2D eigenvalue weighted by molar-refractivity contribution is -0.132. The van der Waals surface area contributed by atoms with E-state index in [4.69, 9.17) is 22.4 Å². The summed E-state index contributed by atoms with van der Waals surface area (Å²) in [4.78, 5) is 14.3. The molecule has 0 saturated heterocycles. The summed E-state index contributed by atoms with van der Waals surface area (Å²) in [5, 5.41) is 5.51. The van der Waals surface area contributed by atoms with Gasteiger partial charge in [-0.2, -0.15) is 5.10 Å². The van der Waals surface area contributed by atoms with Crippen molar-refractivity contribution in [1.29, 1.82) is 0 Å². The second-order valence-corrected chi connectivity index (χ2v) is 7.88. The fourth-order valence-electron chi connectivity index (χ4n) is 3.36. The number of carbonyl (C=O) groups excluding carboxylic acids is 1. The van der Waals surface area contributed by atoms with Crippen molar-refractivity contribution in [2.24, 2.45) is 5.73 Å². The summed E-state index contributed by atoms with van der Waals surface area (Å²) in [6.45, 7) is 1.03. The molecule has 1 fully saturated rings. The average Bonchev–Trinajstić information content (AvgIpc) is 3.33. The Morgan fingerprint density at radius 1 is 1.14 bits per heavy atom. The van der Waals surface area contributed by atoms with Crippen LogP contribution in [0.1, 0.15) is 24.0 Å². The number of hydrogen-bond acceptors (Lipinski definition) is 3. The molecule has 0 radical (unpaired) electrons. The molecule has 29 heavy (non-hydrogen) atoms. The Bertz CT molecular complexity index is 999. The molecule has 5 nitrogen and oxygen atoms in total. The first-order valence-electron chi connectivity index (χ1n) is 9.36. The second-order valence-electron chi connectivity index (χ2n) is 7.48. The number of aromatic nitrogens is 2. The molecule has 1 heterocycles. The third-order valence-electron chi connectivity index (χ3n) is 5.14. The van der Waals surface area contributed by atoms with E-state index in [0.717, 1.165) is 35.2 Å². The maximum absolute atomic E-state index is 12.6. The number of likely N-dealkylation sites (N-methyl/N-ethyl adjacent to an activating group) is 1. The molecule has 0 spiro atoms. The van der Waals surface area contributed by atoms with Crippen molar-refractivity contribution in [2.45, 2.75) is 31.5 Å². The van der Waals surface area contributed by atoms with Crippen LogP contribution in [0.15, 0.2) is 60.8 Å². The van der Waals surface area contributed by atoms with Gasteiger partial charge in [0.05, 0.1) is 17.8 Å². The average molecular weight is 431 g/mol. The SMILES string of the molecule is CN(Cc1cn(Cc2ccccc2Cl)nc1-c1ccccc1)C(=O)C1(N)CC1.Cl. The normalized spacial score (nSPS) is 14.2. The molecule has 1 saturated carbocycles. The predicted molar refractivity (Wildman–Crippen MR) is 118 cm³/mol. The summed E-state index contributed by atoms with van der Waals surface area (Å²) < 4.78 is 1.88. The first-order valence-corrected chi connectivity index (χ1v) is 9.74.